The molecule has 0 spiro atoms. The standard InChI is InChI=1S/C23H27NO5/c1-4-27-20-9-6-16(12-22(20)28-5-2)10-11-24-15-17-13-23(25)29-21-14-18(26-3)7-8-19(17)21/h6-9,12-14,24H,4-5,10-11,15H2,1-3H3/p+1. The van der Waals surface area contributed by atoms with Gasteiger partial charge in [0, 0.05) is 29.5 Å². The van der Waals surface area contributed by atoms with E-state index >= 15 is 0 Å². The van der Waals surface area contributed by atoms with E-state index in [1.54, 1.807) is 19.2 Å². The number of fused-ring (bicyclic) bond motifs is 1. The second-order valence-corrected chi connectivity index (χ2v) is 6.63. The van der Waals surface area contributed by atoms with Gasteiger partial charge in [-0.1, -0.05) is 6.07 Å². The number of benzene rings is 2. The highest BCUT2D eigenvalue weighted by molar-refractivity contribution is 5.81. The molecule has 0 aliphatic carbocycles. The lowest BCUT2D eigenvalue weighted by molar-refractivity contribution is -0.670. The van der Waals surface area contributed by atoms with Crippen LogP contribution in [0.5, 0.6) is 17.2 Å². The van der Waals surface area contributed by atoms with Gasteiger partial charge in [0.1, 0.15) is 17.9 Å². The van der Waals surface area contributed by atoms with Gasteiger partial charge in [0.05, 0.1) is 26.9 Å². The van der Waals surface area contributed by atoms with Crippen LogP contribution < -0.4 is 25.2 Å². The molecule has 6 heteroatoms. The molecule has 2 aromatic carbocycles. The minimum Gasteiger partial charge on any atom is -0.497 e. The molecular weight excluding hydrogens is 370 g/mol. The molecule has 0 radical (unpaired) electrons. The molecule has 2 N–H and O–H groups in total. The van der Waals surface area contributed by atoms with E-state index in [2.05, 4.69) is 11.4 Å². The number of methoxy groups -OCH3 is 1. The summed E-state index contributed by atoms with van der Waals surface area (Å²) in [6.45, 7) is 6.72. The van der Waals surface area contributed by atoms with Crippen molar-refractivity contribution in [1.82, 2.24) is 0 Å². The zero-order valence-corrected chi connectivity index (χ0v) is 17.2. The van der Waals surface area contributed by atoms with Crippen LogP contribution in [0.3, 0.4) is 0 Å². The van der Waals surface area contributed by atoms with E-state index in [0.29, 0.717) is 31.1 Å². The fourth-order valence-electron chi connectivity index (χ4n) is 3.28. The summed E-state index contributed by atoms with van der Waals surface area (Å²) in [5, 5.41) is 3.12. The average molecular weight is 398 g/mol. The lowest BCUT2D eigenvalue weighted by Crippen LogP contribution is -2.83. The van der Waals surface area contributed by atoms with Crippen molar-refractivity contribution in [3.8, 4) is 17.2 Å². The van der Waals surface area contributed by atoms with Crippen molar-refractivity contribution in [2.75, 3.05) is 26.9 Å². The summed E-state index contributed by atoms with van der Waals surface area (Å²) in [6.07, 6.45) is 0.889. The summed E-state index contributed by atoms with van der Waals surface area (Å²) >= 11 is 0. The minimum atomic E-state index is -0.345. The van der Waals surface area contributed by atoms with Gasteiger partial charge in [-0.25, -0.2) is 4.79 Å². The third-order valence-electron chi connectivity index (χ3n) is 4.65. The first-order chi connectivity index (χ1) is 14.1. The van der Waals surface area contributed by atoms with E-state index in [0.717, 1.165) is 35.4 Å². The maximum atomic E-state index is 11.9. The number of rotatable bonds is 10. The highest BCUT2D eigenvalue weighted by Crippen LogP contribution is 2.28. The van der Waals surface area contributed by atoms with Crippen LogP contribution in [0, 0.1) is 0 Å². The van der Waals surface area contributed by atoms with Gasteiger partial charge in [0.25, 0.3) is 0 Å². The van der Waals surface area contributed by atoms with Crippen LogP contribution in [-0.2, 0) is 13.0 Å². The molecule has 154 valence electrons. The second kappa shape index (κ2) is 9.98. The number of quaternary nitrogens is 1. The molecule has 3 rings (SSSR count). The van der Waals surface area contributed by atoms with Gasteiger partial charge in [0.2, 0.25) is 0 Å². The molecule has 0 unspecified atom stereocenters. The van der Waals surface area contributed by atoms with E-state index in [4.69, 9.17) is 18.6 Å². The fourth-order valence-corrected chi connectivity index (χ4v) is 3.28. The van der Waals surface area contributed by atoms with Crippen molar-refractivity contribution in [2.45, 2.75) is 26.8 Å². The molecule has 0 amide bonds. The van der Waals surface area contributed by atoms with E-state index in [-0.39, 0.29) is 5.63 Å². The zero-order chi connectivity index (χ0) is 20.6. The Bertz CT molecular complexity index is 1010. The average Bonchev–Trinajstić information content (AvgIpc) is 2.72. The molecular formula is C23H28NO5+. The first kappa shape index (κ1) is 20.7. The Labute approximate surface area is 170 Å². The fraction of sp³-hybridized carbons (Fsp3) is 0.348. The van der Waals surface area contributed by atoms with Crippen molar-refractivity contribution in [1.29, 1.82) is 0 Å². The summed E-state index contributed by atoms with van der Waals surface area (Å²) in [6, 6.07) is 13.2. The van der Waals surface area contributed by atoms with Crippen molar-refractivity contribution in [3.05, 3.63) is 64.0 Å². The normalized spacial score (nSPS) is 10.9. The highest BCUT2D eigenvalue weighted by Gasteiger charge is 2.10. The van der Waals surface area contributed by atoms with Gasteiger partial charge >= 0.3 is 5.63 Å². The SMILES string of the molecule is CCOc1ccc(CC[NH2+]Cc2cc(=O)oc3cc(OC)ccc23)cc1OCC. The molecule has 0 fully saturated rings. The first-order valence-corrected chi connectivity index (χ1v) is 9.95. The summed E-state index contributed by atoms with van der Waals surface area (Å²) in [5.41, 5.74) is 2.35. The smallest absolute Gasteiger partial charge is 0.336 e. The molecule has 29 heavy (non-hydrogen) atoms. The predicted molar refractivity (Wildman–Crippen MR) is 112 cm³/mol. The Morgan fingerprint density at radius 2 is 1.76 bits per heavy atom. The van der Waals surface area contributed by atoms with Crippen LogP contribution in [0.25, 0.3) is 11.0 Å². The molecule has 0 bridgehead atoms. The number of nitrogens with two attached hydrogens (primary N) is 1. The van der Waals surface area contributed by atoms with E-state index in [9.17, 15) is 4.79 Å². The highest BCUT2D eigenvalue weighted by atomic mass is 16.5. The van der Waals surface area contributed by atoms with Crippen molar-refractivity contribution >= 4 is 11.0 Å². The molecule has 3 aromatic rings. The van der Waals surface area contributed by atoms with Crippen LogP contribution in [0.1, 0.15) is 25.0 Å². The van der Waals surface area contributed by atoms with Gasteiger partial charge in [0.15, 0.2) is 11.5 Å². The lowest BCUT2D eigenvalue weighted by Gasteiger charge is -2.12. The van der Waals surface area contributed by atoms with Crippen LogP contribution in [0.2, 0.25) is 0 Å². The zero-order valence-electron chi connectivity index (χ0n) is 17.2. The molecule has 0 aliphatic rings. The van der Waals surface area contributed by atoms with Crippen molar-refractivity contribution < 1.29 is 23.9 Å². The maximum Gasteiger partial charge on any atom is 0.336 e. The molecule has 6 nitrogen and oxygen atoms in total. The minimum absolute atomic E-state index is 0.345. The Hall–Kier alpha value is -2.99. The Balaban J connectivity index is 1.65. The van der Waals surface area contributed by atoms with Crippen molar-refractivity contribution in [3.63, 3.8) is 0 Å². The Morgan fingerprint density at radius 3 is 2.52 bits per heavy atom. The van der Waals surface area contributed by atoms with Gasteiger partial charge < -0.3 is 23.9 Å². The van der Waals surface area contributed by atoms with Crippen LogP contribution >= 0.6 is 0 Å². The summed E-state index contributed by atoms with van der Waals surface area (Å²) in [4.78, 5) is 11.9. The molecule has 1 heterocycles. The number of hydrogen-bond acceptors (Lipinski definition) is 5. The summed E-state index contributed by atoms with van der Waals surface area (Å²) < 4.78 is 21.8. The Morgan fingerprint density at radius 1 is 0.966 bits per heavy atom. The topological polar surface area (TPSA) is 74.5 Å². The quantitative estimate of drug-likeness (QED) is 0.420. The molecule has 0 saturated heterocycles. The third-order valence-corrected chi connectivity index (χ3v) is 4.65. The molecule has 0 aliphatic heterocycles. The maximum absolute atomic E-state index is 11.9. The largest absolute Gasteiger partial charge is 0.497 e. The summed E-state index contributed by atoms with van der Waals surface area (Å²) in [5.74, 6) is 2.23. The first-order valence-electron chi connectivity index (χ1n) is 9.95. The Kier molecular flexibility index (Phi) is 7.14. The summed E-state index contributed by atoms with van der Waals surface area (Å²) in [7, 11) is 1.59. The third kappa shape index (κ3) is 5.29. The monoisotopic (exact) mass is 398 g/mol. The van der Waals surface area contributed by atoms with E-state index in [1.165, 1.54) is 5.56 Å². The lowest BCUT2D eigenvalue weighted by atomic mass is 10.1. The second-order valence-electron chi connectivity index (χ2n) is 6.63. The van der Waals surface area contributed by atoms with Crippen LogP contribution in [0.4, 0.5) is 0 Å². The molecule has 0 saturated carbocycles. The van der Waals surface area contributed by atoms with Crippen LogP contribution in [-0.4, -0.2) is 26.9 Å². The van der Waals surface area contributed by atoms with E-state index in [1.807, 2.05) is 38.1 Å². The van der Waals surface area contributed by atoms with E-state index < -0.39 is 0 Å². The predicted octanol–water partition coefficient (Wildman–Crippen LogP) is 2.91. The van der Waals surface area contributed by atoms with Gasteiger partial charge in [-0.3, -0.25) is 0 Å². The van der Waals surface area contributed by atoms with Crippen LogP contribution in [0.15, 0.2) is 51.7 Å². The van der Waals surface area contributed by atoms with Crippen molar-refractivity contribution in [2.24, 2.45) is 0 Å². The molecule has 1 aromatic heterocycles. The van der Waals surface area contributed by atoms with Gasteiger partial charge in [-0.05, 0) is 43.7 Å². The van der Waals surface area contributed by atoms with Gasteiger partial charge in [-0.15, -0.1) is 0 Å². The number of ether oxygens (including phenoxy) is 3. The number of hydrogen-bond donors (Lipinski definition) is 1. The van der Waals surface area contributed by atoms with Gasteiger partial charge in [-0.2, -0.15) is 0 Å². The molecule has 0 atom stereocenters.